The van der Waals surface area contributed by atoms with Gasteiger partial charge in [0.2, 0.25) is 5.95 Å². The number of anilines is 2. The van der Waals surface area contributed by atoms with Crippen LogP contribution in [0, 0.1) is 6.92 Å². The zero-order chi connectivity index (χ0) is 20.4. The molecular weight excluding hydrogens is 401 g/mol. The third-order valence-corrected chi connectivity index (χ3v) is 5.87. The summed E-state index contributed by atoms with van der Waals surface area (Å²) in [5.41, 5.74) is 1.57. The quantitative estimate of drug-likeness (QED) is 0.598. The second kappa shape index (κ2) is 8.08. The molecule has 0 saturated carbocycles. The van der Waals surface area contributed by atoms with Crippen molar-refractivity contribution in [3.8, 4) is 10.4 Å². The minimum atomic E-state index is -4.51. The van der Waals surface area contributed by atoms with Crippen LogP contribution in [-0.4, -0.2) is 28.2 Å². The molecule has 1 saturated heterocycles. The van der Waals surface area contributed by atoms with Crippen LogP contribution in [0.15, 0.2) is 36.7 Å². The highest BCUT2D eigenvalue weighted by atomic mass is 32.1. The molecule has 5 nitrogen and oxygen atoms in total. The van der Waals surface area contributed by atoms with Gasteiger partial charge in [-0.05, 0) is 49.1 Å². The van der Waals surface area contributed by atoms with Crippen LogP contribution >= 0.6 is 11.3 Å². The second-order valence-electron chi connectivity index (χ2n) is 6.93. The number of rotatable bonds is 4. The minimum absolute atomic E-state index is 0.0939. The average Bonchev–Trinajstić information content (AvgIpc) is 3.18. The number of thiazole rings is 1. The van der Waals surface area contributed by atoms with Crippen LogP contribution < -0.4 is 5.32 Å². The Labute approximate surface area is 170 Å². The van der Waals surface area contributed by atoms with Crippen molar-refractivity contribution in [3.05, 3.63) is 52.9 Å². The lowest BCUT2D eigenvalue weighted by Crippen LogP contribution is -2.13. The molecule has 9 heteroatoms. The summed E-state index contributed by atoms with van der Waals surface area (Å²) in [6, 6.07) is 6.59. The minimum Gasteiger partial charge on any atom is -0.381 e. The van der Waals surface area contributed by atoms with Crippen molar-refractivity contribution in [1.29, 1.82) is 0 Å². The molecule has 1 N–H and O–H groups in total. The van der Waals surface area contributed by atoms with E-state index in [1.165, 1.54) is 0 Å². The highest BCUT2D eigenvalue weighted by Gasteiger charge is 2.32. The fraction of sp³-hybridized carbons (Fsp3) is 0.350. The van der Waals surface area contributed by atoms with E-state index in [0.717, 1.165) is 59.3 Å². The smallest absolute Gasteiger partial charge is 0.381 e. The van der Waals surface area contributed by atoms with Crippen molar-refractivity contribution in [2.75, 3.05) is 18.5 Å². The Morgan fingerprint density at radius 3 is 2.69 bits per heavy atom. The maximum absolute atomic E-state index is 12.9. The van der Waals surface area contributed by atoms with Gasteiger partial charge in [-0.1, -0.05) is 6.07 Å². The van der Waals surface area contributed by atoms with Crippen LogP contribution in [0.3, 0.4) is 0 Å². The van der Waals surface area contributed by atoms with Crippen LogP contribution in [-0.2, 0) is 10.9 Å². The zero-order valence-corrected chi connectivity index (χ0v) is 16.5. The van der Waals surface area contributed by atoms with E-state index >= 15 is 0 Å². The van der Waals surface area contributed by atoms with E-state index in [-0.39, 0.29) is 5.95 Å². The van der Waals surface area contributed by atoms with Gasteiger partial charge in [0.25, 0.3) is 0 Å². The lowest BCUT2D eigenvalue weighted by Gasteiger charge is -2.19. The highest BCUT2D eigenvalue weighted by Crippen LogP contribution is 2.36. The summed E-state index contributed by atoms with van der Waals surface area (Å²) in [7, 11) is 0. The van der Waals surface area contributed by atoms with Gasteiger partial charge < -0.3 is 10.1 Å². The van der Waals surface area contributed by atoms with Gasteiger partial charge in [0.1, 0.15) is 5.69 Å². The monoisotopic (exact) mass is 420 g/mol. The fourth-order valence-corrected chi connectivity index (χ4v) is 4.33. The molecule has 1 aromatic carbocycles. The SMILES string of the molecule is Cc1cc(Nc2nccc(C(F)(F)F)n2)cc(-c2cnc(C3CCOCC3)s2)c1. The van der Waals surface area contributed by atoms with Gasteiger partial charge in [-0.15, -0.1) is 11.3 Å². The number of alkyl halides is 3. The molecule has 0 aliphatic carbocycles. The zero-order valence-electron chi connectivity index (χ0n) is 15.7. The normalized spacial score (nSPS) is 15.4. The Balaban J connectivity index is 1.58. The lowest BCUT2D eigenvalue weighted by molar-refractivity contribution is -0.141. The maximum Gasteiger partial charge on any atom is 0.433 e. The van der Waals surface area contributed by atoms with Crippen molar-refractivity contribution >= 4 is 23.0 Å². The summed E-state index contributed by atoms with van der Waals surface area (Å²) in [5.74, 6) is 0.326. The molecule has 0 spiro atoms. The van der Waals surface area contributed by atoms with E-state index in [2.05, 4.69) is 20.3 Å². The number of hydrogen-bond acceptors (Lipinski definition) is 6. The molecule has 4 rings (SSSR count). The van der Waals surface area contributed by atoms with E-state index in [9.17, 15) is 13.2 Å². The van der Waals surface area contributed by atoms with Crippen LogP contribution in [0.4, 0.5) is 24.8 Å². The molecule has 0 radical (unpaired) electrons. The maximum atomic E-state index is 12.9. The third-order valence-electron chi connectivity index (χ3n) is 4.66. The predicted octanol–water partition coefficient (Wildman–Crippen LogP) is 5.56. The van der Waals surface area contributed by atoms with Crippen LogP contribution in [0.25, 0.3) is 10.4 Å². The molecule has 0 atom stereocenters. The van der Waals surface area contributed by atoms with Gasteiger partial charge >= 0.3 is 6.18 Å². The van der Waals surface area contributed by atoms with Gasteiger partial charge in [-0.3, -0.25) is 0 Å². The molecule has 2 aromatic heterocycles. The molecular formula is C20H19F3N4OS. The van der Waals surface area contributed by atoms with E-state index in [1.807, 2.05) is 31.3 Å². The number of aromatic nitrogens is 3. The Kier molecular flexibility index (Phi) is 5.51. The van der Waals surface area contributed by atoms with Gasteiger partial charge in [-0.2, -0.15) is 13.2 Å². The lowest BCUT2D eigenvalue weighted by atomic mass is 10.0. The van der Waals surface area contributed by atoms with Gasteiger partial charge in [-0.25, -0.2) is 15.0 Å². The molecule has 1 aliphatic rings. The van der Waals surface area contributed by atoms with E-state index in [4.69, 9.17) is 4.74 Å². The van der Waals surface area contributed by atoms with Crippen molar-refractivity contribution in [2.45, 2.75) is 31.9 Å². The van der Waals surface area contributed by atoms with Crippen LogP contribution in [0.2, 0.25) is 0 Å². The molecule has 0 amide bonds. The molecule has 0 unspecified atom stereocenters. The summed E-state index contributed by atoms with van der Waals surface area (Å²) in [5, 5.41) is 3.98. The first-order valence-corrected chi connectivity index (χ1v) is 10.0. The van der Waals surface area contributed by atoms with Gasteiger partial charge in [0.15, 0.2) is 0 Å². The number of hydrogen-bond donors (Lipinski definition) is 1. The van der Waals surface area contributed by atoms with E-state index in [0.29, 0.717) is 11.6 Å². The molecule has 3 aromatic rings. The largest absolute Gasteiger partial charge is 0.433 e. The highest BCUT2D eigenvalue weighted by molar-refractivity contribution is 7.15. The Bertz CT molecular complexity index is 999. The summed E-state index contributed by atoms with van der Waals surface area (Å²) in [4.78, 5) is 13.1. The number of ether oxygens (including phenoxy) is 1. The average molecular weight is 420 g/mol. The molecule has 1 fully saturated rings. The molecule has 1 aliphatic heterocycles. The molecule has 29 heavy (non-hydrogen) atoms. The summed E-state index contributed by atoms with van der Waals surface area (Å²) in [6.07, 6.45) is 0.383. The number of nitrogens with one attached hydrogen (secondary N) is 1. The van der Waals surface area contributed by atoms with Crippen molar-refractivity contribution in [1.82, 2.24) is 15.0 Å². The second-order valence-corrected chi connectivity index (χ2v) is 7.99. The van der Waals surface area contributed by atoms with E-state index < -0.39 is 11.9 Å². The first-order chi connectivity index (χ1) is 13.9. The molecule has 3 heterocycles. The summed E-state index contributed by atoms with van der Waals surface area (Å²) in [6.45, 7) is 3.45. The number of halogens is 3. The molecule has 0 bridgehead atoms. The van der Waals surface area contributed by atoms with E-state index in [1.54, 1.807) is 11.3 Å². The third kappa shape index (κ3) is 4.73. The first-order valence-electron chi connectivity index (χ1n) is 9.21. The Morgan fingerprint density at radius 2 is 1.93 bits per heavy atom. The Morgan fingerprint density at radius 1 is 1.14 bits per heavy atom. The predicted molar refractivity (Wildman–Crippen MR) is 105 cm³/mol. The Hall–Kier alpha value is -2.52. The topological polar surface area (TPSA) is 59.9 Å². The van der Waals surface area contributed by atoms with Crippen LogP contribution in [0.1, 0.15) is 35.0 Å². The number of nitrogens with zero attached hydrogens (tertiary/aromatic N) is 3. The number of benzene rings is 1. The van der Waals surface area contributed by atoms with Crippen molar-refractivity contribution in [3.63, 3.8) is 0 Å². The van der Waals surface area contributed by atoms with Gasteiger partial charge in [0.05, 0.1) is 9.88 Å². The number of aryl methyl sites for hydroxylation is 1. The standard InChI is InChI=1S/C20H19F3N4OS/c1-12-8-14(16-11-25-18(29-16)13-3-6-28-7-4-13)10-15(9-12)26-19-24-5-2-17(27-19)20(21,22)23/h2,5,8-11,13H,3-4,6-7H2,1H3,(H,24,26,27). The first kappa shape index (κ1) is 19.8. The summed E-state index contributed by atoms with van der Waals surface area (Å²) < 4.78 is 44.1. The van der Waals surface area contributed by atoms with Crippen molar-refractivity contribution < 1.29 is 17.9 Å². The van der Waals surface area contributed by atoms with Gasteiger partial charge in [0, 0.05) is 37.2 Å². The molecule has 152 valence electrons. The summed E-state index contributed by atoms with van der Waals surface area (Å²) >= 11 is 1.65. The van der Waals surface area contributed by atoms with Crippen molar-refractivity contribution in [2.24, 2.45) is 0 Å². The van der Waals surface area contributed by atoms with Crippen LogP contribution in [0.5, 0.6) is 0 Å². The fourth-order valence-electron chi connectivity index (χ4n) is 3.26.